The van der Waals surface area contributed by atoms with Crippen molar-refractivity contribution in [1.29, 1.82) is 0 Å². The monoisotopic (exact) mass is 332 g/mol. The van der Waals surface area contributed by atoms with Crippen LogP contribution in [-0.2, 0) is 0 Å². The van der Waals surface area contributed by atoms with Gasteiger partial charge in [-0.25, -0.2) is 0 Å². The van der Waals surface area contributed by atoms with Crippen LogP contribution in [-0.4, -0.2) is 35.2 Å². The summed E-state index contributed by atoms with van der Waals surface area (Å²) in [6.45, 7) is 1.03. The molecule has 0 atom stereocenters. The highest BCUT2D eigenvalue weighted by molar-refractivity contribution is 6.31. The summed E-state index contributed by atoms with van der Waals surface area (Å²) < 4.78 is 5.58. The van der Waals surface area contributed by atoms with Crippen LogP contribution in [0.4, 0.5) is 5.95 Å². The van der Waals surface area contributed by atoms with Gasteiger partial charge in [0.15, 0.2) is 0 Å². The molecule has 0 aliphatic heterocycles. The summed E-state index contributed by atoms with van der Waals surface area (Å²) in [5, 5.41) is 0.792. The van der Waals surface area contributed by atoms with Crippen molar-refractivity contribution >= 4 is 40.8 Å². The first-order chi connectivity index (χ1) is 9.54. The lowest BCUT2D eigenvalue weighted by atomic mass is 10.3. The van der Waals surface area contributed by atoms with Crippen molar-refractivity contribution < 1.29 is 4.74 Å². The Hall–Kier alpha value is -1.30. The lowest BCUT2D eigenvalue weighted by Gasteiger charge is -2.17. The smallest absolute Gasteiger partial charge is 0.230 e. The molecule has 5 nitrogen and oxygen atoms in total. The van der Waals surface area contributed by atoms with Gasteiger partial charge in [0.2, 0.25) is 16.5 Å². The molecule has 0 fully saturated rings. The molecule has 0 amide bonds. The number of anilines is 1. The predicted octanol–water partition coefficient (Wildman–Crippen LogP) is 3.35. The summed E-state index contributed by atoms with van der Waals surface area (Å²) in [5.74, 6) is 1.14. The highest BCUT2D eigenvalue weighted by atomic mass is 35.5. The van der Waals surface area contributed by atoms with Crippen molar-refractivity contribution in [2.75, 3.05) is 25.1 Å². The third kappa shape index (κ3) is 4.37. The minimum atomic E-state index is 0.0606. The third-order valence-electron chi connectivity index (χ3n) is 2.42. The van der Waals surface area contributed by atoms with E-state index in [1.165, 1.54) is 0 Å². The second-order valence-corrected chi connectivity index (χ2v) is 5.01. The Balaban J connectivity index is 1.88. The van der Waals surface area contributed by atoms with E-state index in [0.29, 0.717) is 24.1 Å². The molecule has 0 radical (unpaired) electrons. The fraction of sp³-hybridized carbons (Fsp3) is 0.250. The Labute approximate surface area is 131 Å². The SMILES string of the molecule is CN(CCOc1ccc(Cl)cc1)c1nc(Cl)nc(Cl)n1. The van der Waals surface area contributed by atoms with Gasteiger partial charge in [0.25, 0.3) is 0 Å². The Morgan fingerprint density at radius 2 is 1.60 bits per heavy atom. The molecule has 0 aliphatic carbocycles. The average molecular weight is 334 g/mol. The van der Waals surface area contributed by atoms with Crippen LogP contribution >= 0.6 is 34.8 Å². The van der Waals surface area contributed by atoms with Gasteiger partial charge in [0.05, 0.1) is 6.54 Å². The van der Waals surface area contributed by atoms with Crippen molar-refractivity contribution in [1.82, 2.24) is 15.0 Å². The molecule has 1 aromatic carbocycles. The quantitative estimate of drug-likeness (QED) is 0.840. The maximum atomic E-state index is 5.79. The number of likely N-dealkylation sites (N-methyl/N-ethyl adjacent to an activating group) is 1. The maximum absolute atomic E-state index is 5.79. The molecule has 0 aliphatic rings. The number of ether oxygens (including phenoxy) is 1. The first-order valence-electron chi connectivity index (χ1n) is 5.71. The summed E-state index contributed by atoms with van der Waals surface area (Å²) in [6, 6.07) is 7.15. The zero-order valence-electron chi connectivity index (χ0n) is 10.6. The predicted molar refractivity (Wildman–Crippen MR) is 80.1 cm³/mol. The molecule has 1 heterocycles. The largest absolute Gasteiger partial charge is 0.492 e. The Bertz CT molecular complexity index is 559. The molecule has 0 spiro atoms. The molecule has 2 aromatic rings. The number of nitrogens with zero attached hydrogens (tertiary/aromatic N) is 4. The first-order valence-corrected chi connectivity index (χ1v) is 6.84. The summed E-state index contributed by atoms with van der Waals surface area (Å²) in [5.41, 5.74) is 0. The first kappa shape index (κ1) is 15.1. The highest BCUT2D eigenvalue weighted by Gasteiger charge is 2.08. The van der Waals surface area contributed by atoms with Crippen molar-refractivity contribution in [3.63, 3.8) is 0 Å². The van der Waals surface area contributed by atoms with Gasteiger partial charge in [-0.3, -0.25) is 0 Å². The summed E-state index contributed by atoms with van der Waals surface area (Å²) in [6.07, 6.45) is 0. The number of hydrogen-bond donors (Lipinski definition) is 0. The molecule has 0 bridgehead atoms. The minimum Gasteiger partial charge on any atom is -0.492 e. The number of benzene rings is 1. The molecule has 0 unspecified atom stereocenters. The Kier molecular flexibility index (Phi) is 5.23. The second kappa shape index (κ2) is 6.92. The number of hydrogen-bond acceptors (Lipinski definition) is 5. The second-order valence-electron chi connectivity index (χ2n) is 3.90. The van der Waals surface area contributed by atoms with Crippen molar-refractivity contribution in [3.8, 4) is 5.75 Å². The summed E-state index contributed by atoms with van der Waals surface area (Å²) in [4.78, 5) is 13.4. The summed E-state index contributed by atoms with van der Waals surface area (Å²) in [7, 11) is 1.81. The normalized spacial score (nSPS) is 10.4. The molecule has 106 valence electrons. The van der Waals surface area contributed by atoms with Gasteiger partial charge in [-0.2, -0.15) is 15.0 Å². The van der Waals surface area contributed by atoms with Gasteiger partial charge in [-0.15, -0.1) is 0 Å². The lowest BCUT2D eigenvalue weighted by molar-refractivity contribution is 0.325. The van der Waals surface area contributed by atoms with Crippen LogP contribution in [0.25, 0.3) is 0 Å². The van der Waals surface area contributed by atoms with Crippen LogP contribution in [0.1, 0.15) is 0 Å². The van der Waals surface area contributed by atoms with Crippen molar-refractivity contribution in [2.24, 2.45) is 0 Å². The van der Waals surface area contributed by atoms with E-state index in [4.69, 9.17) is 39.5 Å². The van der Waals surface area contributed by atoms with Gasteiger partial charge in [-0.1, -0.05) is 11.6 Å². The van der Waals surface area contributed by atoms with Crippen LogP contribution in [0.2, 0.25) is 15.6 Å². The topological polar surface area (TPSA) is 51.1 Å². The highest BCUT2D eigenvalue weighted by Crippen LogP contribution is 2.16. The van der Waals surface area contributed by atoms with E-state index in [0.717, 1.165) is 5.75 Å². The number of halogens is 3. The van der Waals surface area contributed by atoms with Crippen LogP contribution < -0.4 is 9.64 Å². The fourth-order valence-electron chi connectivity index (χ4n) is 1.42. The molecule has 2 rings (SSSR count). The average Bonchev–Trinajstić information content (AvgIpc) is 2.40. The van der Waals surface area contributed by atoms with Crippen LogP contribution in [0, 0.1) is 0 Å². The zero-order valence-corrected chi connectivity index (χ0v) is 12.8. The van der Waals surface area contributed by atoms with Gasteiger partial charge in [0, 0.05) is 12.1 Å². The molecule has 0 saturated carbocycles. The maximum Gasteiger partial charge on any atom is 0.230 e. The standard InChI is InChI=1S/C12H11Cl3N4O/c1-19(12-17-10(14)16-11(15)18-12)6-7-20-9-4-2-8(13)3-5-9/h2-5H,6-7H2,1H3. The van der Waals surface area contributed by atoms with Crippen molar-refractivity contribution in [3.05, 3.63) is 39.9 Å². The summed E-state index contributed by atoms with van der Waals surface area (Å²) >= 11 is 17.2. The minimum absolute atomic E-state index is 0.0606. The third-order valence-corrected chi connectivity index (χ3v) is 3.01. The Morgan fingerprint density at radius 3 is 2.20 bits per heavy atom. The van der Waals surface area contributed by atoms with E-state index in [2.05, 4.69) is 15.0 Å². The molecule has 20 heavy (non-hydrogen) atoms. The molecule has 0 N–H and O–H groups in total. The van der Waals surface area contributed by atoms with Crippen LogP contribution in [0.15, 0.2) is 24.3 Å². The van der Waals surface area contributed by atoms with Crippen molar-refractivity contribution in [2.45, 2.75) is 0 Å². The van der Waals surface area contributed by atoms with E-state index in [-0.39, 0.29) is 10.6 Å². The molecule has 8 heteroatoms. The zero-order chi connectivity index (χ0) is 14.5. The molecular formula is C12H11Cl3N4O. The molecular weight excluding hydrogens is 323 g/mol. The van der Waals surface area contributed by atoms with E-state index in [1.807, 2.05) is 7.05 Å². The van der Waals surface area contributed by atoms with Gasteiger partial charge >= 0.3 is 0 Å². The Morgan fingerprint density at radius 1 is 1.00 bits per heavy atom. The van der Waals surface area contributed by atoms with E-state index in [9.17, 15) is 0 Å². The fourth-order valence-corrected chi connectivity index (χ4v) is 1.90. The lowest BCUT2D eigenvalue weighted by Crippen LogP contribution is -2.25. The van der Waals surface area contributed by atoms with Gasteiger partial charge in [0.1, 0.15) is 12.4 Å². The van der Waals surface area contributed by atoms with E-state index >= 15 is 0 Å². The number of aromatic nitrogens is 3. The number of rotatable bonds is 5. The van der Waals surface area contributed by atoms with E-state index in [1.54, 1.807) is 29.2 Å². The molecule has 0 saturated heterocycles. The van der Waals surface area contributed by atoms with E-state index < -0.39 is 0 Å². The van der Waals surface area contributed by atoms with Crippen LogP contribution in [0.5, 0.6) is 5.75 Å². The van der Waals surface area contributed by atoms with Gasteiger partial charge in [-0.05, 0) is 47.5 Å². The van der Waals surface area contributed by atoms with Gasteiger partial charge < -0.3 is 9.64 Å². The van der Waals surface area contributed by atoms with Crippen LogP contribution in [0.3, 0.4) is 0 Å². The molecule has 1 aromatic heterocycles.